The van der Waals surface area contributed by atoms with Crippen molar-refractivity contribution in [3.05, 3.63) is 102 Å². The van der Waals surface area contributed by atoms with Crippen LogP contribution in [-0.2, 0) is 10.2 Å². The Kier molecular flexibility index (Phi) is 10.2. The third-order valence-corrected chi connectivity index (χ3v) is 7.96. The molecule has 1 saturated heterocycles. The molecular weight excluding hydrogens is 501 g/mol. The second-order valence-electron chi connectivity index (χ2n) is 10.3. The van der Waals surface area contributed by atoms with Crippen molar-refractivity contribution in [2.75, 3.05) is 51.7 Å². The number of hydrogen-bond acceptors (Lipinski definition) is 3. The minimum absolute atomic E-state index is 0. The molecule has 2 aliphatic heterocycles. The largest absolute Gasteiger partial charge is 0.310 e. The number of fused-ring (bicyclic) bond motifs is 1. The fourth-order valence-corrected chi connectivity index (χ4v) is 5.98. The first-order valence-corrected chi connectivity index (χ1v) is 13.0. The molecule has 2 aliphatic rings. The zero-order chi connectivity index (χ0) is 24.3. The van der Waals surface area contributed by atoms with Crippen LogP contribution < -0.4 is 4.90 Å². The van der Waals surface area contributed by atoms with Gasteiger partial charge in [0.05, 0.1) is 0 Å². The number of anilines is 1. The van der Waals surface area contributed by atoms with Gasteiger partial charge in [0.25, 0.3) is 0 Å². The lowest BCUT2D eigenvalue weighted by atomic mass is 9.72. The van der Waals surface area contributed by atoms with Crippen LogP contribution in [0, 0.1) is 0 Å². The van der Waals surface area contributed by atoms with E-state index < -0.39 is 5.41 Å². The summed E-state index contributed by atoms with van der Waals surface area (Å²) in [4.78, 5) is 21.0. The summed E-state index contributed by atoms with van der Waals surface area (Å²) >= 11 is 0. The summed E-state index contributed by atoms with van der Waals surface area (Å²) < 4.78 is 0. The number of amides is 1. The topological polar surface area (TPSA) is 26.8 Å². The van der Waals surface area contributed by atoms with Crippen molar-refractivity contribution in [3.63, 3.8) is 0 Å². The summed E-state index contributed by atoms with van der Waals surface area (Å²) in [6.07, 6.45) is 3.17. The molecule has 1 unspecified atom stereocenters. The fraction of sp³-hybridized carbons (Fsp3) is 0.387. The molecule has 5 rings (SSSR count). The summed E-state index contributed by atoms with van der Waals surface area (Å²) in [6, 6.07) is 29.8. The Balaban J connectivity index is 0.00000190. The van der Waals surface area contributed by atoms with E-state index in [0.29, 0.717) is 12.5 Å². The molecule has 3 aromatic rings. The molecule has 0 aliphatic carbocycles. The molecule has 0 saturated carbocycles. The lowest BCUT2D eigenvalue weighted by molar-refractivity contribution is -0.122. The van der Waals surface area contributed by atoms with Crippen LogP contribution in [0.4, 0.5) is 5.69 Å². The van der Waals surface area contributed by atoms with E-state index in [9.17, 15) is 4.79 Å². The number of benzene rings is 3. The number of nitrogens with zero attached hydrogens (tertiary/aromatic N) is 3. The van der Waals surface area contributed by atoms with Gasteiger partial charge < -0.3 is 14.7 Å². The zero-order valence-corrected chi connectivity index (χ0v) is 23.5. The van der Waals surface area contributed by atoms with E-state index >= 15 is 0 Å². The predicted octanol–water partition coefficient (Wildman–Crippen LogP) is 5.99. The Morgan fingerprint density at radius 1 is 0.811 bits per heavy atom. The summed E-state index contributed by atoms with van der Waals surface area (Å²) in [5, 5.41) is 0. The van der Waals surface area contributed by atoms with Gasteiger partial charge in [0, 0.05) is 18.8 Å². The number of halogens is 2. The van der Waals surface area contributed by atoms with Crippen LogP contribution in [0.2, 0.25) is 0 Å². The van der Waals surface area contributed by atoms with Crippen molar-refractivity contribution < 1.29 is 4.79 Å². The van der Waals surface area contributed by atoms with Gasteiger partial charge in [-0.2, -0.15) is 0 Å². The van der Waals surface area contributed by atoms with Crippen LogP contribution in [0.25, 0.3) is 0 Å². The van der Waals surface area contributed by atoms with Crippen LogP contribution in [0.5, 0.6) is 0 Å². The zero-order valence-electron chi connectivity index (χ0n) is 21.9. The lowest BCUT2D eigenvalue weighted by Crippen LogP contribution is -2.46. The Hall–Kier alpha value is -2.37. The van der Waals surface area contributed by atoms with Gasteiger partial charge in [-0.15, -0.1) is 24.8 Å². The summed E-state index contributed by atoms with van der Waals surface area (Å²) in [6.45, 7) is 4.66. The number of carbonyl (C=O) groups is 1. The lowest BCUT2D eigenvalue weighted by Gasteiger charge is -2.36. The number of carbonyl (C=O) groups excluding carboxylic acids is 1. The van der Waals surface area contributed by atoms with E-state index in [1.165, 1.54) is 18.4 Å². The average molecular weight is 541 g/mol. The van der Waals surface area contributed by atoms with E-state index in [4.69, 9.17) is 0 Å². The molecular formula is C31H39Cl2N3O. The second-order valence-corrected chi connectivity index (χ2v) is 10.3. The van der Waals surface area contributed by atoms with Gasteiger partial charge in [0.2, 0.25) is 5.91 Å². The molecule has 6 heteroatoms. The first-order chi connectivity index (χ1) is 17.1. The molecule has 37 heavy (non-hydrogen) atoms. The van der Waals surface area contributed by atoms with Gasteiger partial charge >= 0.3 is 0 Å². The van der Waals surface area contributed by atoms with Gasteiger partial charge in [0.15, 0.2) is 0 Å². The fourth-order valence-electron chi connectivity index (χ4n) is 5.98. The molecule has 0 bridgehead atoms. The molecule has 1 fully saturated rings. The summed E-state index contributed by atoms with van der Waals surface area (Å²) in [5.74, 6) is 0.872. The highest BCUT2D eigenvalue weighted by Crippen LogP contribution is 2.48. The van der Waals surface area contributed by atoms with Crippen molar-refractivity contribution in [1.29, 1.82) is 0 Å². The van der Waals surface area contributed by atoms with Crippen LogP contribution >= 0.6 is 24.8 Å². The molecule has 0 radical (unpaired) electrons. The third kappa shape index (κ3) is 5.88. The SMILES string of the molecule is CN(C)CCN1C(=O)C(CCN2CCC(c3ccccc3)CC2)(c2ccccc2)c2ccccc21.Cl.Cl. The minimum atomic E-state index is -0.625. The van der Waals surface area contributed by atoms with Crippen molar-refractivity contribution in [2.45, 2.75) is 30.6 Å². The molecule has 3 aromatic carbocycles. The van der Waals surface area contributed by atoms with E-state index in [1.807, 2.05) is 11.0 Å². The molecule has 4 nitrogen and oxygen atoms in total. The second kappa shape index (κ2) is 12.9. The summed E-state index contributed by atoms with van der Waals surface area (Å²) in [7, 11) is 4.13. The van der Waals surface area contributed by atoms with Gasteiger partial charge in [-0.1, -0.05) is 78.9 Å². The Bertz CT molecular complexity index is 1130. The minimum Gasteiger partial charge on any atom is -0.310 e. The monoisotopic (exact) mass is 539 g/mol. The van der Waals surface area contributed by atoms with Crippen molar-refractivity contribution in [2.24, 2.45) is 0 Å². The number of para-hydroxylation sites is 1. The Morgan fingerprint density at radius 2 is 1.41 bits per heavy atom. The van der Waals surface area contributed by atoms with E-state index in [1.54, 1.807) is 0 Å². The highest BCUT2D eigenvalue weighted by molar-refractivity contribution is 6.10. The number of piperidine rings is 1. The highest BCUT2D eigenvalue weighted by Gasteiger charge is 2.51. The third-order valence-electron chi connectivity index (χ3n) is 7.96. The van der Waals surface area contributed by atoms with Crippen LogP contribution in [-0.4, -0.2) is 62.5 Å². The molecule has 0 spiro atoms. The Morgan fingerprint density at radius 3 is 2.05 bits per heavy atom. The standard InChI is InChI=1S/C31H37N3O.2ClH/c1-32(2)23-24-34-29-16-10-9-15-28(29)31(30(34)35,27-13-7-4-8-14-27)19-22-33-20-17-26(18-21-33)25-11-5-3-6-12-25;;/h3-16,26H,17-24H2,1-2H3;2*1H. The molecule has 0 N–H and O–H groups in total. The van der Waals surface area contributed by atoms with Crippen LogP contribution in [0.15, 0.2) is 84.9 Å². The van der Waals surface area contributed by atoms with Crippen molar-refractivity contribution >= 4 is 36.4 Å². The number of likely N-dealkylation sites (N-methyl/N-ethyl adjacent to an activating group) is 1. The maximum absolute atomic E-state index is 14.3. The van der Waals surface area contributed by atoms with Crippen LogP contribution in [0.1, 0.15) is 41.9 Å². The van der Waals surface area contributed by atoms with Gasteiger partial charge in [-0.25, -0.2) is 0 Å². The molecule has 0 aromatic heterocycles. The molecule has 2 heterocycles. The van der Waals surface area contributed by atoms with Crippen molar-refractivity contribution in [3.8, 4) is 0 Å². The Labute approximate surface area is 234 Å². The van der Waals surface area contributed by atoms with E-state index in [2.05, 4.69) is 103 Å². The number of likely N-dealkylation sites (tertiary alicyclic amines) is 1. The molecule has 198 valence electrons. The quantitative estimate of drug-likeness (QED) is 0.351. The number of rotatable bonds is 8. The highest BCUT2D eigenvalue weighted by atomic mass is 35.5. The van der Waals surface area contributed by atoms with Gasteiger partial charge in [0.1, 0.15) is 5.41 Å². The van der Waals surface area contributed by atoms with Gasteiger partial charge in [-0.05, 0) is 81.7 Å². The molecule has 1 atom stereocenters. The van der Waals surface area contributed by atoms with Gasteiger partial charge in [-0.3, -0.25) is 4.79 Å². The average Bonchev–Trinajstić information content (AvgIpc) is 3.15. The summed E-state index contributed by atoms with van der Waals surface area (Å²) in [5.41, 5.74) is 4.19. The smallest absolute Gasteiger partial charge is 0.242 e. The maximum Gasteiger partial charge on any atom is 0.242 e. The first kappa shape index (κ1) is 29.2. The normalized spacial score (nSPS) is 19.9. The molecule has 1 amide bonds. The first-order valence-electron chi connectivity index (χ1n) is 13.0. The number of hydrogen-bond donors (Lipinski definition) is 0. The van der Waals surface area contributed by atoms with Crippen LogP contribution in [0.3, 0.4) is 0 Å². The van der Waals surface area contributed by atoms with E-state index in [-0.39, 0.29) is 30.7 Å². The maximum atomic E-state index is 14.3. The predicted molar refractivity (Wildman–Crippen MR) is 159 cm³/mol. The van der Waals surface area contributed by atoms with E-state index in [0.717, 1.165) is 49.4 Å². The van der Waals surface area contributed by atoms with Crippen molar-refractivity contribution in [1.82, 2.24) is 9.80 Å².